The maximum atomic E-state index is 11.1. The minimum absolute atomic E-state index is 0.000132. The Hall–Kier alpha value is -2.94. The van der Waals surface area contributed by atoms with E-state index in [4.69, 9.17) is 15.1 Å². The van der Waals surface area contributed by atoms with Crippen LogP contribution in [0.25, 0.3) is 0 Å². The molecule has 0 spiro atoms. The summed E-state index contributed by atoms with van der Waals surface area (Å²) in [5.74, 6) is -1.00. The number of rotatable bonds is 3. The minimum atomic E-state index is -1.11. The quantitative estimate of drug-likeness (QED) is 0.902. The number of hydrogen-bond acceptors (Lipinski definition) is 5. The van der Waals surface area contributed by atoms with Crippen LogP contribution in [-0.4, -0.2) is 21.3 Å². The van der Waals surface area contributed by atoms with Gasteiger partial charge in [0.25, 0.3) is 5.88 Å². The fraction of sp³-hybridized carbons (Fsp3) is 0.0769. The van der Waals surface area contributed by atoms with Gasteiger partial charge in [-0.2, -0.15) is 10.4 Å². The Morgan fingerprint density at radius 2 is 2.21 bits per heavy atom. The topological polar surface area (TPSA) is 96.1 Å². The molecule has 0 aliphatic rings. The molecule has 1 aromatic heterocycles. The lowest BCUT2D eigenvalue weighted by atomic mass is 10.1. The lowest BCUT2D eigenvalue weighted by Crippen LogP contribution is -2.02. The average Bonchev–Trinajstić information content (AvgIpc) is 2.39. The van der Waals surface area contributed by atoms with Crippen molar-refractivity contribution < 1.29 is 14.6 Å². The fourth-order valence-corrected chi connectivity index (χ4v) is 1.47. The van der Waals surface area contributed by atoms with Crippen LogP contribution in [0.1, 0.15) is 21.5 Å². The highest BCUT2D eigenvalue weighted by atomic mass is 16.5. The molecule has 0 fully saturated rings. The van der Waals surface area contributed by atoms with E-state index < -0.39 is 5.97 Å². The average molecular weight is 255 g/mol. The van der Waals surface area contributed by atoms with Gasteiger partial charge in [-0.05, 0) is 30.7 Å². The maximum Gasteiger partial charge on any atom is 0.339 e. The highest BCUT2D eigenvalue weighted by Crippen LogP contribution is 2.26. The van der Waals surface area contributed by atoms with Crippen molar-refractivity contribution in [3.05, 3.63) is 47.2 Å². The van der Waals surface area contributed by atoms with Gasteiger partial charge in [-0.1, -0.05) is 6.07 Å². The number of carbonyl (C=O) groups is 1. The molecule has 0 radical (unpaired) electrons. The first-order valence-electron chi connectivity index (χ1n) is 5.35. The molecule has 6 heteroatoms. The summed E-state index contributed by atoms with van der Waals surface area (Å²) < 4.78 is 5.40. The molecule has 6 nitrogen and oxygen atoms in total. The zero-order valence-electron chi connectivity index (χ0n) is 9.99. The molecule has 2 rings (SSSR count). The summed E-state index contributed by atoms with van der Waals surface area (Å²) in [4.78, 5) is 11.1. The smallest absolute Gasteiger partial charge is 0.339 e. The number of benzene rings is 1. The Balaban J connectivity index is 2.46. The van der Waals surface area contributed by atoms with Crippen LogP contribution in [0.5, 0.6) is 11.6 Å². The van der Waals surface area contributed by atoms with Crippen molar-refractivity contribution in [1.29, 1.82) is 5.26 Å². The molecule has 0 saturated heterocycles. The number of hydrogen-bond donors (Lipinski definition) is 1. The third-order valence-corrected chi connectivity index (χ3v) is 2.38. The van der Waals surface area contributed by atoms with Gasteiger partial charge >= 0.3 is 5.97 Å². The number of nitriles is 1. The highest BCUT2D eigenvalue weighted by molar-refractivity contribution is 5.91. The molecular weight excluding hydrogens is 246 g/mol. The second kappa shape index (κ2) is 5.14. The first-order valence-corrected chi connectivity index (χ1v) is 5.35. The van der Waals surface area contributed by atoms with Crippen LogP contribution in [-0.2, 0) is 0 Å². The number of ether oxygens (including phenoxy) is 1. The summed E-state index contributed by atoms with van der Waals surface area (Å²) in [5.41, 5.74) is 1.02. The zero-order chi connectivity index (χ0) is 13.8. The first-order chi connectivity index (χ1) is 9.11. The highest BCUT2D eigenvalue weighted by Gasteiger charge is 2.14. The Kier molecular flexibility index (Phi) is 3.39. The standard InChI is InChI=1S/C13H9N3O3/c1-8-2-3-10(13(17)18)11(6-8)19-12-9(7-14)4-5-15-16-12/h2-6H,1H3,(H,17,18). The van der Waals surface area contributed by atoms with Gasteiger partial charge in [0.15, 0.2) is 0 Å². The van der Waals surface area contributed by atoms with E-state index in [9.17, 15) is 4.79 Å². The molecule has 0 amide bonds. The molecule has 0 aliphatic heterocycles. The van der Waals surface area contributed by atoms with Crippen molar-refractivity contribution >= 4 is 5.97 Å². The number of aryl methyl sites for hydroxylation is 1. The number of carboxylic acid groups (broad SMARTS) is 1. The van der Waals surface area contributed by atoms with E-state index in [1.54, 1.807) is 19.1 Å². The SMILES string of the molecule is Cc1ccc(C(=O)O)c(Oc2nnccc2C#N)c1. The molecular formula is C13H9N3O3. The van der Waals surface area contributed by atoms with Gasteiger partial charge in [-0.25, -0.2) is 4.79 Å². The number of aromatic carboxylic acids is 1. The predicted octanol–water partition coefficient (Wildman–Crippen LogP) is 2.15. The summed E-state index contributed by atoms with van der Waals surface area (Å²) in [6, 6.07) is 8.02. The molecule has 19 heavy (non-hydrogen) atoms. The van der Waals surface area contributed by atoms with Gasteiger partial charge in [0.1, 0.15) is 22.9 Å². The molecule has 2 aromatic rings. The molecule has 0 bridgehead atoms. The first kappa shape index (κ1) is 12.5. The Labute approximate surface area is 108 Å². The fourth-order valence-electron chi connectivity index (χ4n) is 1.47. The maximum absolute atomic E-state index is 11.1. The third kappa shape index (κ3) is 2.66. The van der Waals surface area contributed by atoms with Gasteiger partial charge in [0.2, 0.25) is 0 Å². The lowest BCUT2D eigenvalue weighted by molar-refractivity contribution is 0.0694. The van der Waals surface area contributed by atoms with Crippen LogP contribution in [0.2, 0.25) is 0 Å². The van der Waals surface area contributed by atoms with Gasteiger partial charge in [0.05, 0.1) is 6.20 Å². The van der Waals surface area contributed by atoms with Crippen molar-refractivity contribution in [2.75, 3.05) is 0 Å². The molecule has 1 heterocycles. The second-order valence-corrected chi connectivity index (χ2v) is 3.77. The zero-order valence-corrected chi connectivity index (χ0v) is 9.99. The molecule has 1 aromatic carbocycles. The van der Waals surface area contributed by atoms with Crippen LogP contribution in [0.4, 0.5) is 0 Å². The van der Waals surface area contributed by atoms with Gasteiger partial charge < -0.3 is 9.84 Å². The largest absolute Gasteiger partial charge is 0.478 e. The normalized spacial score (nSPS) is 9.68. The summed E-state index contributed by atoms with van der Waals surface area (Å²) >= 11 is 0. The van der Waals surface area contributed by atoms with E-state index in [1.165, 1.54) is 18.3 Å². The Morgan fingerprint density at radius 3 is 2.89 bits per heavy atom. The Morgan fingerprint density at radius 1 is 1.42 bits per heavy atom. The molecule has 0 saturated carbocycles. The number of aromatic nitrogens is 2. The van der Waals surface area contributed by atoms with Crippen molar-refractivity contribution in [3.8, 4) is 17.7 Å². The van der Waals surface area contributed by atoms with Gasteiger partial charge in [0, 0.05) is 0 Å². The van der Waals surface area contributed by atoms with Crippen LogP contribution < -0.4 is 4.74 Å². The summed E-state index contributed by atoms with van der Waals surface area (Å²) in [6.07, 6.45) is 1.36. The van der Waals surface area contributed by atoms with E-state index in [0.29, 0.717) is 0 Å². The van der Waals surface area contributed by atoms with Crippen molar-refractivity contribution in [3.63, 3.8) is 0 Å². The number of nitrogens with zero attached hydrogens (tertiary/aromatic N) is 3. The van der Waals surface area contributed by atoms with Crippen LogP contribution in [0, 0.1) is 18.3 Å². The van der Waals surface area contributed by atoms with E-state index in [1.807, 2.05) is 6.07 Å². The number of carboxylic acids is 1. The summed E-state index contributed by atoms with van der Waals surface area (Å²) in [5, 5.41) is 25.3. The molecule has 0 aliphatic carbocycles. The molecule has 1 N–H and O–H groups in total. The van der Waals surface area contributed by atoms with Gasteiger partial charge in [-0.3, -0.25) is 0 Å². The molecule has 0 atom stereocenters. The predicted molar refractivity (Wildman–Crippen MR) is 65.0 cm³/mol. The van der Waals surface area contributed by atoms with E-state index >= 15 is 0 Å². The second-order valence-electron chi connectivity index (χ2n) is 3.77. The van der Waals surface area contributed by atoms with E-state index in [0.717, 1.165) is 5.56 Å². The van der Waals surface area contributed by atoms with Crippen molar-refractivity contribution in [2.24, 2.45) is 0 Å². The van der Waals surface area contributed by atoms with Crippen molar-refractivity contribution in [2.45, 2.75) is 6.92 Å². The van der Waals surface area contributed by atoms with E-state index in [-0.39, 0.29) is 22.8 Å². The van der Waals surface area contributed by atoms with Crippen LogP contribution in [0.15, 0.2) is 30.5 Å². The van der Waals surface area contributed by atoms with Crippen molar-refractivity contribution in [1.82, 2.24) is 10.2 Å². The molecule has 94 valence electrons. The summed E-state index contributed by atoms with van der Waals surface area (Å²) in [6.45, 7) is 1.81. The summed E-state index contributed by atoms with van der Waals surface area (Å²) in [7, 11) is 0. The monoisotopic (exact) mass is 255 g/mol. The Bertz CT molecular complexity index is 677. The third-order valence-electron chi connectivity index (χ3n) is 2.38. The molecule has 0 unspecified atom stereocenters. The van der Waals surface area contributed by atoms with Gasteiger partial charge in [-0.15, -0.1) is 5.10 Å². The lowest BCUT2D eigenvalue weighted by Gasteiger charge is -2.08. The van der Waals surface area contributed by atoms with Crippen LogP contribution in [0.3, 0.4) is 0 Å². The minimum Gasteiger partial charge on any atom is -0.478 e. The van der Waals surface area contributed by atoms with Crippen LogP contribution >= 0.6 is 0 Å². The van der Waals surface area contributed by atoms with E-state index in [2.05, 4.69) is 10.2 Å².